The first kappa shape index (κ1) is 16.1. The lowest BCUT2D eigenvalue weighted by molar-refractivity contribution is 0.0202. The van der Waals surface area contributed by atoms with Gasteiger partial charge in [0, 0.05) is 26.1 Å². The maximum atomic E-state index is 12.0. The zero-order chi connectivity index (χ0) is 15.6. The van der Waals surface area contributed by atoms with Gasteiger partial charge in [0.2, 0.25) is 0 Å². The van der Waals surface area contributed by atoms with E-state index in [9.17, 15) is 4.79 Å². The van der Waals surface area contributed by atoms with Crippen LogP contribution in [0.15, 0.2) is 5.16 Å². The summed E-state index contributed by atoms with van der Waals surface area (Å²) in [5.74, 6) is 1.38. The number of piperidine rings is 1. The van der Waals surface area contributed by atoms with Gasteiger partial charge in [-0.3, -0.25) is 0 Å². The highest BCUT2D eigenvalue weighted by Crippen LogP contribution is 2.28. The van der Waals surface area contributed by atoms with Crippen molar-refractivity contribution in [3.05, 3.63) is 5.82 Å². The summed E-state index contributed by atoms with van der Waals surface area (Å²) in [7, 11) is 2.00. The van der Waals surface area contributed by atoms with E-state index in [0.29, 0.717) is 19.0 Å². The molecule has 0 atom stereocenters. The van der Waals surface area contributed by atoms with E-state index in [2.05, 4.69) is 14.8 Å². The molecule has 6 nitrogen and oxygen atoms in total. The molecule has 0 aromatic carbocycles. The first-order valence-electron chi connectivity index (χ1n) is 7.23. The third-order valence-electron chi connectivity index (χ3n) is 3.56. The number of thioether (sulfide) groups is 1. The number of carbonyl (C=O) groups excluding carboxylic acids is 1. The molecule has 118 valence electrons. The number of likely N-dealkylation sites (tertiary alicyclic amines) is 1. The van der Waals surface area contributed by atoms with E-state index in [0.717, 1.165) is 23.8 Å². The molecular formula is C14H24N4O2S. The minimum absolute atomic E-state index is 0.219. The van der Waals surface area contributed by atoms with E-state index in [1.807, 2.05) is 34.1 Å². The van der Waals surface area contributed by atoms with Crippen molar-refractivity contribution in [2.75, 3.05) is 19.3 Å². The predicted octanol–water partition coefficient (Wildman–Crippen LogP) is 2.65. The number of rotatable bonds is 2. The Morgan fingerprint density at radius 2 is 1.90 bits per heavy atom. The highest BCUT2D eigenvalue weighted by molar-refractivity contribution is 7.98. The summed E-state index contributed by atoms with van der Waals surface area (Å²) in [4.78, 5) is 13.8. The minimum atomic E-state index is -0.440. The summed E-state index contributed by atoms with van der Waals surface area (Å²) in [5, 5.41) is 9.41. The van der Waals surface area contributed by atoms with E-state index in [1.165, 1.54) is 0 Å². The molecule has 0 aliphatic carbocycles. The smallest absolute Gasteiger partial charge is 0.410 e. The fraction of sp³-hybridized carbons (Fsp3) is 0.786. The second kappa shape index (κ2) is 6.25. The van der Waals surface area contributed by atoms with Crippen LogP contribution in [0.3, 0.4) is 0 Å². The van der Waals surface area contributed by atoms with Gasteiger partial charge >= 0.3 is 6.09 Å². The molecule has 0 radical (unpaired) electrons. The Balaban J connectivity index is 1.94. The second-order valence-electron chi connectivity index (χ2n) is 6.35. The van der Waals surface area contributed by atoms with Crippen LogP contribution < -0.4 is 0 Å². The largest absolute Gasteiger partial charge is 0.444 e. The molecule has 0 saturated carbocycles. The molecule has 1 saturated heterocycles. The van der Waals surface area contributed by atoms with Gasteiger partial charge in [-0.15, -0.1) is 10.2 Å². The van der Waals surface area contributed by atoms with Gasteiger partial charge in [0.15, 0.2) is 5.16 Å². The molecule has 2 heterocycles. The van der Waals surface area contributed by atoms with Gasteiger partial charge < -0.3 is 14.2 Å². The SMILES string of the molecule is CSc1nnc(C2CCN(C(=O)OC(C)(C)C)CC2)n1C. The molecule has 7 heteroatoms. The Morgan fingerprint density at radius 1 is 1.29 bits per heavy atom. The monoisotopic (exact) mass is 312 g/mol. The molecule has 0 N–H and O–H groups in total. The summed E-state index contributed by atoms with van der Waals surface area (Å²) < 4.78 is 7.47. The molecule has 1 aliphatic heterocycles. The normalized spacial score (nSPS) is 17.1. The standard InChI is InChI=1S/C14H24N4O2S/c1-14(2,3)20-13(19)18-8-6-10(7-9-18)11-15-16-12(21-5)17(11)4/h10H,6-9H2,1-5H3. The van der Waals surface area contributed by atoms with Gasteiger partial charge in [-0.25, -0.2) is 4.79 Å². The van der Waals surface area contributed by atoms with Crippen LogP contribution in [0.1, 0.15) is 45.4 Å². The third kappa shape index (κ3) is 3.90. The number of ether oxygens (including phenoxy) is 1. The Hall–Kier alpha value is -1.24. The van der Waals surface area contributed by atoms with Crippen molar-refractivity contribution >= 4 is 17.9 Å². The molecule has 21 heavy (non-hydrogen) atoms. The molecule has 1 amide bonds. The van der Waals surface area contributed by atoms with Crippen LogP contribution in [-0.4, -0.2) is 50.7 Å². The van der Waals surface area contributed by atoms with Crippen molar-refractivity contribution in [1.29, 1.82) is 0 Å². The zero-order valence-corrected chi connectivity index (χ0v) is 14.2. The molecular weight excluding hydrogens is 288 g/mol. The van der Waals surface area contributed by atoms with Crippen molar-refractivity contribution in [2.24, 2.45) is 7.05 Å². The summed E-state index contributed by atoms with van der Waals surface area (Å²) in [5.41, 5.74) is -0.440. The zero-order valence-electron chi connectivity index (χ0n) is 13.4. The van der Waals surface area contributed by atoms with Crippen molar-refractivity contribution in [3.63, 3.8) is 0 Å². The molecule has 0 unspecified atom stereocenters. The van der Waals surface area contributed by atoms with E-state index in [4.69, 9.17) is 4.74 Å². The van der Waals surface area contributed by atoms with Crippen LogP contribution in [0.25, 0.3) is 0 Å². The van der Waals surface area contributed by atoms with Gasteiger partial charge in [0.05, 0.1) is 0 Å². The van der Waals surface area contributed by atoms with E-state index < -0.39 is 5.60 Å². The van der Waals surface area contributed by atoms with E-state index in [1.54, 1.807) is 16.7 Å². The molecule has 1 aromatic rings. The Labute approximate surface area is 130 Å². The summed E-state index contributed by atoms with van der Waals surface area (Å²) in [6.07, 6.45) is 3.58. The van der Waals surface area contributed by atoms with Crippen molar-refractivity contribution in [1.82, 2.24) is 19.7 Å². The molecule has 1 fully saturated rings. The average molecular weight is 312 g/mol. The Kier molecular flexibility index (Phi) is 4.81. The lowest BCUT2D eigenvalue weighted by Crippen LogP contribution is -2.41. The molecule has 2 rings (SSSR count). The topological polar surface area (TPSA) is 60.3 Å². The number of carbonyl (C=O) groups is 1. The first-order valence-corrected chi connectivity index (χ1v) is 8.45. The third-order valence-corrected chi connectivity index (χ3v) is 4.28. The fourth-order valence-corrected chi connectivity index (χ4v) is 3.00. The highest BCUT2D eigenvalue weighted by Gasteiger charge is 2.29. The lowest BCUT2D eigenvalue weighted by atomic mass is 9.96. The summed E-state index contributed by atoms with van der Waals surface area (Å²) >= 11 is 1.60. The second-order valence-corrected chi connectivity index (χ2v) is 7.12. The van der Waals surface area contributed by atoms with Crippen LogP contribution in [0.2, 0.25) is 0 Å². The number of aromatic nitrogens is 3. The van der Waals surface area contributed by atoms with Crippen LogP contribution in [-0.2, 0) is 11.8 Å². The minimum Gasteiger partial charge on any atom is -0.444 e. The van der Waals surface area contributed by atoms with Crippen molar-refractivity contribution < 1.29 is 9.53 Å². The molecule has 0 bridgehead atoms. The van der Waals surface area contributed by atoms with Gasteiger partial charge in [0.1, 0.15) is 11.4 Å². The number of amides is 1. The molecule has 1 aromatic heterocycles. The first-order chi connectivity index (χ1) is 9.81. The fourth-order valence-electron chi connectivity index (χ4n) is 2.51. The Morgan fingerprint density at radius 3 is 2.38 bits per heavy atom. The number of hydrogen-bond acceptors (Lipinski definition) is 5. The molecule has 1 aliphatic rings. The number of nitrogens with zero attached hydrogens (tertiary/aromatic N) is 4. The maximum Gasteiger partial charge on any atom is 0.410 e. The lowest BCUT2D eigenvalue weighted by Gasteiger charge is -2.33. The highest BCUT2D eigenvalue weighted by atomic mass is 32.2. The van der Waals surface area contributed by atoms with Gasteiger partial charge in [-0.05, 0) is 39.9 Å². The van der Waals surface area contributed by atoms with Crippen LogP contribution in [0, 0.1) is 0 Å². The summed E-state index contributed by atoms with van der Waals surface area (Å²) in [6.45, 7) is 7.09. The number of hydrogen-bond donors (Lipinski definition) is 0. The van der Waals surface area contributed by atoms with Crippen LogP contribution >= 0.6 is 11.8 Å². The van der Waals surface area contributed by atoms with Gasteiger partial charge in [-0.1, -0.05) is 11.8 Å². The Bertz CT molecular complexity index is 502. The van der Waals surface area contributed by atoms with E-state index in [-0.39, 0.29) is 6.09 Å². The van der Waals surface area contributed by atoms with Crippen molar-refractivity contribution in [2.45, 2.75) is 50.3 Å². The maximum absolute atomic E-state index is 12.0. The van der Waals surface area contributed by atoms with Gasteiger partial charge in [0.25, 0.3) is 0 Å². The summed E-state index contributed by atoms with van der Waals surface area (Å²) in [6, 6.07) is 0. The molecule has 0 spiro atoms. The average Bonchev–Trinajstić information content (AvgIpc) is 2.78. The van der Waals surface area contributed by atoms with Crippen LogP contribution in [0.4, 0.5) is 4.79 Å². The van der Waals surface area contributed by atoms with Crippen molar-refractivity contribution in [3.8, 4) is 0 Å². The predicted molar refractivity (Wildman–Crippen MR) is 82.6 cm³/mol. The van der Waals surface area contributed by atoms with Gasteiger partial charge in [-0.2, -0.15) is 0 Å². The van der Waals surface area contributed by atoms with E-state index >= 15 is 0 Å². The van der Waals surface area contributed by atoms with Crippen LogP contribution in [0.5, 0.6) is 0 Å². The quantitative estimate of drug-likeness (QED) is 0.786.